The summed E-state index contributed by atoms with van der Waals surface area (Å²) in [5.41, 5.74) is 0.439. The fraction of sp³-hybridized carbons (Fsp3) is 0.500. The second kappa shape index (κ2) is 7.74. The number of aliphatic carboxylic acids is 1. The van der Waals surface area contributed by atoms with Gasteiger partial charge in [0, 0.05) is 13.1 Å². The standard InChI is InChI=1S/C14H21FN2O2/c1-3-9-16-12(14(18)19)10-17(4-2)13-8-6-5-7-11(13)15/h5-8,12,16H,3-4,9-10H2,1-2H3,(H,18,19). The largest absolute Gasteiger partial charge is 0.480 e. The summed E-state index contributed by atoms with van der Waals surface area (Å²) in [5, 5.41) is 12.1. The van der Waals surface area contributed by atoms with Gasteiger partial charge in [-0.2, -0.15) is 0 Å². The molecule has 0 heterocycles. The van der Waals surface area contributed by atoms with Crippen LogP contribution in [-0.4, -0.2) is 36.8 Å². The van der Waals surface area contributed by atoms with E-state index in [4.69, 9.17) is 0 Å². The molecule has 0 amide bonds. The number of nitrogens with zero attached hydrogens (tertiary/aromatic N) is 1. The van der Waals surface area contributed by atoms with E-state index in [2.05, 4.69) is 5.32 Å². The van der Waals surface area contributed by atoms with Crippen molar-refractivity contribution in [3.63, 3.8) is 0 Å². The second-order valence-electron chi connectivity index (χ2n) is 4.33. The average molecular weight is 268 g/mol. The van der Waals surface area contributed by atoms with Crippen molar-refractivity contribution in [3.05, 3.63) is 30.1 Å². The van der Waals surface area contributed by atoms with Gasteiger partial charge in [-0.1, -0.05) is 19.1 Å². The van der Waals surface area contributed by atoms with Crippen molar-refractivity contribution in [2.75, 3.05) is 24.5 Å². The van der Waals surface area contributed by atoms with Gasteiger partial charge in [0.15, 0.2) is 0 Å². The van der Waals surface area contributed by atoms with Crippen LogP contribution in [0.1, 0.15) is 20.3 Å². The van der Waals surface area contributed by atoms with E-state index < -0.39 is 12.0 Å². The van der Waals surface area contributed by atoms with Gasteiger partial charge in [-0.3, -0.25) is 4.79 Å². The van der Waals surface area contributed by atoms with Gasteiger partial charge in [0.05, 0.1) is 5.69 Å². The minimum Gasteiger partial charge on any atom is -0.480 e. The molecule has 106 valence electrons. The molecule has 0 aliphatic heterocycles. The zero-order chi connectivity index (χ0) is 14.3. The predicted molar refractivity (Wildman–Crippen MR) is 74.0 cm³/mol. The summed E-state index contributed by atoms with van der Waals surface area (Å²) >= 11 is 0. The number of hydrogen-bond donors (Lipinski definition) is 2. The summed E-state index contributed by atoms with van der Waals surface area (Å²) in [4.78, 5) is 12.9. The number of para-hydroxylation sites is 1. The van der Waals surface area contributed by atoms with Crippen molar-refractivity contribution in [2.24, 2.45) is 0 Å². The Balaban J connectivity index is 2.79. The van der Waals surface area contributed by atoms with E-state index in [1.54, 1.807) is 23.1 Å². The quantitative estimate of drug-likeness (QED) is 0.758. The molecule has 5 heteroatoms. The fourth-order valence-corrected chi connectivity index (χ4v) is 1.87. The first-order valence-electron chi connectivity index (χ1n) is 6.55. The molecule has 0 spiro atoms. The van der Waals surface area contributed by atoms with Crippen LogP contribution >= 0.6 is 0 Å². The lowest BCUT2D eigenvalue weighted by Gasteiger charge is -2.27. The van der Waals surface area contributed by atoms with Gasteiger partial charge in [-0.15, -0.1) is 0 Å². The van der Waals surface area contributed by atoms with Crippen LogP contribution in [0.4, 0.5) is 10.1 Å². The molecule has 0 aromatic heterocycles. The normalized spacial score (nSPS) is 12.2. The van der Waals surface area contributed by atoms with Crippen LogP contribution in [0.15, 0.2) is 24.3 Å². The van der Waals surface area contributed by atoms with Crippen molar-refractivity contribution in [1.29, 1.82) is 0 Å². The van der Waals surface area contributed by atoms with Crippen LogP contribution in [-0.2, 0) is 4.79 Å². The Bertz CT molecular complexity index is 412. The molecule has 4 nitrogen and oxygen atoms in total. The van der Waals surface area contributed by atoms with Gasteiger partial charge in [-0.25, -0.2) is 4.39 Å². The van der Waals surface area contributed by atoms with E-state index in [0.29, 0.717) is 18.8 Å². The molecule has 0 bridgehead atoms. The van der Waals surface area contributed by atoms with Gasteiger partial charge >= 0.3 is 5.97 Å². The van der Waals surface area contributed by atoms with Crippen LogP contribution in [0.5, 0.6) is 0 Å². The Kier molecular flexibility index (Phi) is 6.29. The number of carboxylic acids is 1. The maximum Gasteiger partial charge on any atom is 0.322 e. The number of rotatable bonds is 8. The fourth-order valence-electron chi connectivity index (χ4n) is 1.87. The molecular formula is C14H21FN2O2. The van der Waals surface area contributed by atoms with E-state index in [-0.39, 0.29) is 12.4 Å². The smallest absolute Gasteiger partial charge is 0.322 e. The molecule has 1 rings (SSSR count). The Labute approximate surface area is 113 Å². The van der Waals surface area contributed by atoms with Crippen LogP contribution in [0.25, 0.3) is 0 Å². The summed E-state index contributed by atoms with van der Waals surface area (Å²) in [7, 11) is 0. The highest BCUT2D eigenvalue weighted by atomic mass is 19.1. The van der Waals surface area contributed by atoms with Gasteiger partial charge in [-0.05, 0) is 32.0 Å². The zero-order valence-electron chi connectivity index (χ0n) is 11.4. The summed E-state index contributed by atoms with van der Waals surface area (Å²) in [6.07, 6.45) is 0.857. The lowest BCUT2D eigenvalue weighted by molar-refractivity contribution is -0.139. The molecule has 1 aromatic carbocycles. The Morgan fingerprint density at radius 2 is 2.11 bits per heavy atom. The molecule has 1 aromatic rings. The summed E-state index contributed by atoms with van der Waals surface area (Å²) in [6, 6.07) is 5.72. The molecule has 1 unspecified atom stereocenters. The molecule has 0 saturated carbocycles. The third kappa shape index (κ3) is 4.52. The van der Waals surface area contributed by atoms with E-state index >= 15 is 0 Å². The molecule has 0 aliphatic carbocycles. The monoisotopic (exact) mass is 268 g/mol. The highest BCUT2D eigenvalue weighted by Gasteiger charge is 2.21. The highest BCUT2D eigenvalue weighted by Crippen LogP contribution is 2.18. The minimum atomic E-state index is -0.914. The molecule has 0 saturated heterocycles. The molecular weight excluding hydrogens is 247 g/mol. The lowest BCUT2D eigenvalue weighted by Crippen LogP contribution is -2.46. The summed E-state index contributed by atoms with van der Waals surface area (Å²) < 4.78 is 13.7. The molecule has 2 N–H and O–H groups in total. The van der Waals surface area contributed by atoms with Gasteiger partial charge in [0.1, 0.15) is 11.9 Å². The number of halogens is 1. The summed E-state index contributed by atoms with van der Waals surface area (Å²) in [5.74, 6) is -1.24. The first-order chi connectivity index (χ1) is 9.10. The zero-order valence-corrected chi connectivity index (χ0v) is 11.4. The molecule has 0 fully saturated rings. The number of nitrogens with one attached hydrogen (secondary N) is 1. The summed E-state index contributed by atoms with van der Waals surface area (Å²) in [6.45, 7) is 5.28. The number of carboxylic acid groups (broad SMARTS) is 1. The van der Waals surface area contributed by atoms with Crippen molar-refractivity contribution >= 4 is 11.7 Å². The molecule has 0 aliphatic rings. The Morgan fingerprint density at radius 3 is 2.63 bits per heavy atom. The SMILES string of the molecule is CCCNC(CN(CC)c1ccccc1F)C(=O)O. The average Bonchev–Trinajstić information content (AvgIpc) is 2.40. The number of hydrogen-bond acceptors (Lipinski definition) is 3. The Morgan fingerprint density at radius 1 is 1.42 bits per heavy atom. The van der Waals surface area contributed by atoms with E-state index in [9.17, 15) is 14.3 Å². The van der Waals surface area contributed by atoms with Gasteiger partial charge < -0.3 is 15.3 Å². The van der Waals surface area contributed by atoms with Crippen molar-refractivity contribution < 1.29 is 14.3 Å². The van der Waals surface area contributed by atoms with Gasteiger partial charge in [0.25, 0.3) is 0 Å². The van der Waals surface area contributed by atoms with E-state index in [0.717, 1.165) is 6.42 Å². The topological polar surface area (TPSA) is 52.6 Å². The first-order valence-corrected chi connectivity index (χ1v) is 6.55. The maximum absolute atomic E-state index is 13.7. The number of carbonyl (C=O) groups is 1. The van der Waals surface area contributed by atoms with E-state index in [1.165, 1.54) is 6.07 Å². The third-order valence-electron chi connectivity index (χ3n) is 2.92. The van der Waals surface area contributed by atoms with Gasteiger partial charge in [0.2, 0.25) is 0 Å². The van der Waals surface area contributed by atoms with Crippen molar-refractivity contribution in [2.45, 2.75) is 26.3 Å². The maximum atomic E-state index is 13.7. The van der Waals surface area contributed by atoms with Crippen LogP contribution in [0, 0.1) is 5.82 Å². The first kappa shape index (κ1) is 15.4. The number of benzene rings is 1. The molecule has 0 radical (unpaired) electrons. The minimum absolute atomic E-state index is 0.243. The predicted octanol–water partition coefficient (Wildman–Crippen LogP) is 2.10. The second-order valence-corrected chi connectivity index (χ2v) is 4.33. The lowest BCUT2D eigenvalue weighted by atomic mass is 10.2. The molecule has 1 atom stereocenters. The Hall–Kier alpha value is -1.62. The number of anilines is 1. The third-order valence-corrected chi connectivity index (χ3v) is 2.92. The van der Waals surface area contributed by atoms with Crippen LogP contribution < -0.4 is 10.2 Å². The van der Waals surface area contributed by atoms with Crippen LogP contribution in [0.2, 0.25) is 0 Å². The van der Waals surface area contributed by atoms with Crippen molar-refractivity contribution in [1.82, 2.24) is 5.32 Å². The van der Waals surface area contributed by atoms with E-state index in [1.807, 2.05) is 13.8 Å². The number of likely N-dealkylation sites (N-methyl/N-ethyl adjacent to an activating group) is 1. The highest BCUT2D eigenvalue weighted by molar-refractivity contribution is 5.74. The van der Waals surface area contributed by atoms with Crippen molar-refractivity contribution in [3.8, 4) is 0 Å². The van der Waals surface area contributed by atoms with Crippen LogP contribution in [0.3, 0.4) is 0 Å². The molecule has 19 heavy (non-hydrogen) atoms.